The average molecular weight is 458 g/mol. The first-order valence-corrected chi connectivity index (χ1v) is 12.2. The second kappa shape index (κ2) is 9.07. The number of thioether (sulfide) groups is 1. The molecule has 0 atom stereocenters. The number of carbonyl (C=O) groups is 2. The zero-order valence-electron chi connectivity index (χ0n) is 17.7. The number of rotatable bonds is 6. The molecule has 0 spiro atoms. The molecule has 0 N–H and O–H groups in total. The maximum atomic E-state index is 13.6. The van der Waals surface area contributed by atoms with Crippen molar-refractivity contribution >= 4 is 39.2 Å². The van der Waals surface area contributed by atoms with E-state index < -0.39 is 21.7 Å². The Bertz CT molecular complexity index is 1220. The molecule has 9 heteroatoms. The van der Waals surface area contributed by atoms with E-state index in [1.165, 1.54) is 30.7 Å². The third-order valence-electron chi connectivity index (χ3n) is 4.79. The molecule has 0 saturated heterocycles. The highest BCUT2D eigenvalue weighted by molar-refractivity contribution is 7.99. The lowest BCUT2D eigenvalue weighted by Gasteiger charge is -2.21. The van der Waals surface area contributed by atoms with E-state index in [2.05, 4.69) is 5.10 Å². The monoisotopic (exact) mass is 457 g/mol. The van der Waals surface area contributed by atoms with Crippen LogP contribution in [0.25, 0.3) is 0 Å². The van der Waals surface area contributed by atoms with E-state index in [9.17, 15) is 18.0 Å². The number of aryl methyl sites for hydroxylation is 1. The molecule has 0 bridgehead atoms. The largest absolute Gasteiger partial charge is 0.274 e. The zero-order chi connectivity index (χ0) is 22.8. The van der Waals surface area contributed by atoms with Crippen LogP contribution in [-0.4, -0.2) is 36.3 Å². The van der Waals surface area contributed by atoms with Crippen LogP contribution in [0, 0.1) is 6.92 Å². The molecule has 0 unspecified atom stereocenters. The molecule has 0 fully saturated rings. The van der Waals surface area contributed by atoms with Gasteiger partial charge in [-0.1, -0.05) is 42.5 Å². The van der Waals surface area contributed by atoms with E-state index in [4.69, 9.17) is 0 Å². The van der Waals surface area contributed by atoms with Crippen LogP contribution in [-0.2, 0) is 26.0 Å². The van der Waals surface area contributed by atoms with E-state index in [-0.39, 0.29) is 27.2 Å². The predicted octanol–water partition coefficient (Wildman–Crippen LogP) is 3.69. The van der Waals surface area contributed by atoms with Crippen LogP contribution in [0.1, 0.15) is 25.0 Å². The van der Waals surface area contributed by atoms with Gasteiger partial charge >= 0.3 is 0 Å². The van der Waals surface area contributed by atoms with Crippen molar-refractivity contribution in [2.24, 2.45) is 0 Å². The normalized spacial score (nSPS) is 11.4. The van der Waals surface area contributed by atoms with Gasteiger partial charge in [-0.25, -0.2) is 18.0 Å². The molecule has 0 aliphatic rings. The van der Waals surface area contributed by atoms with Gasteiger partial charge in [0.15, 0.2) is 5.82 Å². The first-order valence-electron chi connectivity index (χ1n) is 9.49. The van der Waals surface area contributed by atoms with Crippen LogP contribution in [0.2, 0.25) is 0 Å². The zero-order valence-corrected chi connectivity index (χ0v) is 19.3. The van der Waals surface area contributed by atoms with Crippen LogP contribution >= 0.6 is 11.8 Å². The van der Waals surface area contributed by atoms with E-state index in [0.717, 1.165) is 27.8 Å². The fourth-order valence-corrected chi connectivity index (χ4v) is 5.79. The van der Waals surface area contributed by atoms with E-state index in [1.807, 2.05) is 31.2 Å². The van der Waals surface area contributed by atoms with Crippen LogP contribution in [0.15, 0.2) is 69.4 Å². The van der Waals surface area contributed by atoms with Gasteiger partial charge in [-0.15, -0.1) is 11.8 Å². The highest BCUT2D eigenvalue weighted by Gasteiger charge is 2.36. The number of anilines is 1. The molecule has 31 heavy (non-hydrogen) atoms. The number of carbonyl (C=O) groups excluding carboxylic acids is 2. The molecule has 3 aromatic rings. The topological polar surface area (TPSA) is 89.3 Å². The smallest absolute Gasteiger partial charge is 0.231 e. The van der Waals surface area contributed by atoms with Gasteiger partial charge in [0.1, 0.15) is 9.92 Å². The molecule has 0 aliphatic heterocycles. The molecule has 3 rings (SSSR count). The van der Waals surface area contributed by atoms with Crippen LogP contribution < -0.4 is 4.90 Å². The molecule has 0 aliphatic carbocycles. The molecule has 0 saturated carbocycles. The number of imide groups is 1. The Labute approximate surface area is 186 Å². The lowest BCUT2D eigenvalue weighted by Crippen LogP contribution is -2.36. The summed E-state index contributed by atoms with van der Waals surface area (Å²) in [7, 11) is -4.06. The standard InChI is InChI=1S/C22H23N3O4S2/c1-15-10-8-9-11-18(15)14-24-22(25(16(2)26)17(3)27)20(21(23-24)30-4)31(28,29)19-12-6-5-7-13-19/h5-13H,14H2,1-4H3. The number of benzene rings is 2. The number of aromatic nitrogens is 2. The summed E-state index contributed by atoms with van der Waals surface area (Å²) in [5.74, 6) is -1.22. The molecule has 7 nitrogen and oxygen atoms in total. The third kappa shape index (κ3) is 4.42. The van der Waals surface area contributed by atoms with Crippen molar-refractivity contribution in [1.82, 2.24) is 9.78 Å². The predicted molar refractivity (Wildman–Crippen MR) is 120 cm³/mol. The summed E-state index contributed by atoms with van der Waals surface area (Å²) in [4.78, 5) is 25.7. The minimum absolute atomic E-state index is 0.0449. The molecule has 0 radical (unpaired) electrons. The minimum atomic E-state index is -4.06. The van der Waals surface area contributed by atoms with E-state index >= 15 is 0 Å². The van der Waals surface area contributed by atoms with Crippen LogP contribution in [0.3, 0.4) is 0 Å². The quantitative estimate of drug-likeness (QED) is 0.525. The average Bonchev–Trinajstić information content (AvgIpc) is 3.08. The van der Waals surface area contributed by atoms with Gasteiger partial charge in [0, 0.05) is 13.8 Å². The molecule has 1 aromatic heterocycles. The maximum absolute atomic E-state index is 13.6. The SMILES string of the molecule is CSc1nn(Cc2ccccc2C)c(N(C(C)=O)C(C)=O)c1S(=O)(=O)c1ccccc1. The molecule has 1 heterocycles. The third-order valence-corrected chi connectivity index (χ3v) is 7.40. The number of hydrogen-bond donors (Lipinski definition) is 0. The highest BCUT2D eigenvalue weighted by atomic mass is 32.2. The second-order valence-electron chi connectivity index (χ2n) is 6.94. The Kier molecular flexibility index (Phi) is 6.66. The maximum Gasteiger partial charge on any atom is 0.231 e. The van der Waals surface area contributed by atoms with Gasteiger partial charge in [-0.3, -0.25) is 9.59 Å². The number of hydrogen-bond acceptors (Lipinski definition) is 6. The Balaban J connectivity index is 2.34. The Morgan fingerprint density at radius 1 is 1.00 bits per heavy atom. The summed E-state index contributed by atoms with van der Waals surface area (Å²) in [6, 6.07) is 15.5. The summed E-state index contributed by atoms with van der Waals surface area (Å²) in [5, 5.41) is 4.72. The van der Waals surface area contributed by atoms with Crippen molar-refractivity contribution < 1.29 is 18.0 Å². The lowest BCUT2D eigenvalue weighted by atomic mass is 10.1. The van der Waals surface area contributed by atoms with Crippen molar-refractivity contribution in [3.8, 4) is 0 Å². The lowest BCUT2D eigenvalue weighted by molar-refractivity contribution is -0.124. The summed E-state index contributed by atoms with van der Waals surface area (Å²) in [6.45, 7) is 4.59. The van der Waals surface area contributed by atoms with Gasteiger partial charge in [-0.05, 0) is 36.4 Å². The number of amides is 2. The minimum Gasteiger partial charge on any atom is -0.274 e. The van der Waals surface area contributed by atoms with Crippen molar-refractivity contribution in [2.45, 2.75) is 42.1 Å². The van der Waals surface area contributed by atoms with Crippen molar-refractivity contribution in [2.75, 3.05) is 11.2 Å². The van der Waals surface area contributed by atoms with Crippen LogP contribution in [0.5, 0.6) is 0 Å². The van der Waals surface area contributed by atoms with Crippen molar-refractivity contribution in [3.05, 3.63) is 65.7 Å². The molecule has 162 valence electrons. The van der Waals surface area contributed by atoms with Gasteiger partial charge in [0.2, 0.25) is 21.7 Å². The van der Waals surface area contributed by atoms with E-state index in [1.54, 1.807) is 24.5 Å². The first-order chi connectivity index (χ1) is 14.7. The molecular weight excluding hydrogens is 434 g/mol. The van der Waals surface area contributed by atoms with Crippen LogP contribution in [0.4, 0.5) is 5.82 Å². The fourth-order valence-electron chi connectivity index (χ4n) is 3.30. The summed E-state index contributed by atoms with van der Waals surface area (Å²) in [6.07, 6.45) is 1.71. The first kappa shape index (κ1) is 22.8. The highest BCUT2D eigenvalue weighted by Crippen LogP contribution is 2.38. The molecule has 2 amide bonds. The summed E-state index contributed by atoms with van der Waals surface area (Å²) < 4.78 is 28.6. The van der Waals surface area contributed by atoms with Gasteiger partial charge < -0.3 is 0 Å². The van der Waals surface area contributed by atoms with Gasteiger partial charge in [-0.2, -0.15) is 5.10 Å². The molecular formula is C22H23N3O4S2. The number of sulfone groups is 1. The number of nitrogens with zero attached hydrogens (tertiary/aromatic N) is 3. The fraction of sp³-hybridized carbons (Fsp3) is 0.227. The summed E-state index contributed by atoms with van der Waals surface area (Å²) >= 11 is 1.15. The molecule has 2 aromatic carbocycles. The van der Waals surface area contributed by atoms with Crippen molar-refractivity contribution in [3.63, 3.8) is 0 Å². The second-order valence-corrected chi connectivity index (χ2v) is 9.62. The van der Waals surface area contributed by atoms with Gasteiger partial charge in [0.25, 0.3) is 0 Å². The van der Waals surface area contributed by atoms with E-state index in [0.29, 0.717) is 0 Å². The van der Waals surface area contributed by atoms with Crippen molar-refractivity contribution in [1.29, 1.82) is 0 Å². The Morgan fingerprint density at radius 2 is 1.58 bits per heavy atom. The Morgan fingerprint density at radius 3 is 2.13 bits per heavy atom. The summed E-state index contributed by atoms with van der Waals surface area (Å²) in [5.41, 5.74) is 1.88. The van der Waals surface area contributed by atoms with Gasteiger partial charge in [0.05, 0.1) is 11.4 Å². The Hall–Kier alpha value is -2.91.